The van der Waals surface area contributed by atoms with E-state index in [1.165, 1.54) is 17.7 Å². The van der Waals surface area contributed by atoms with E-state index in [-0.39, 0.29) is 12.6 Å². The summed E-state index contributed by atoms with van der Waals surface area (Å²) >= 11 is 0. The van der Waals surface area contributed by atoms with E-state index < -0.39 is 11.7 Å². The first-order valence-corrected chi connectivity index (χ1v) is 7.72. The van der Waals surface area contributed by atoms with Gasteiger partial charge in [-0.2, -0.15) is 13.2 Å². The maximum absolute atomic E-state index is 13.0. The van der Waals surface area contributed by atoms with E-state index in [1.54, 1.807) is 6.07 Å². The van der Waals surface area contributed by atoms with Crippen LogP contribution in [-0.4, -0.2) is 13.1 Å². The summed E-state index contributed by atoms with van der Waals surface area (Å²) in [6.45, 7) is 1.07. The predicted molar refractivity (Wildman–Crippen MR) is 85.3 cm³/mol. The molecule has 2 aromatic rings. The van der Waals surface area contributed by atoms with Gasteiger partial charge in [0.2, 0.25) is 0 Å². The number of para-hydroxylation sites is 1. The highest BCUT2D eigenvalue weighted by Gasteiger charge is 2.32. The van der Waals surface area contributed by atoms with E-state index in [1.807, 2.05) is 18.2 Å². The Labute approximate surface area is 133 Å². The Balaban J connectivity index is 1.98. The minimum atomic E-state index is -4.34. The van der Waals surface area contributed by atoms with Crippen molar-refractivity contribution in [3.63, 3.8) is 0 Å². The molecule has 0 amide bonds. The molecule has 0 aromatic heterocycles. The molecule has 1 aliphatic rings. The monoisotopic (exact) mass is 320 g/mol. The van der Waals surface area contributed by atoms with Crippen molar-refractivity contribution in [3.8, 4) is 0 Å². The lowest BCUT2D eigenvalue weighted by Crippen LogP contribution is -2.37. The summed E-state index contributed by atoms with van der Waals surface area (Å²) in [7, 11) is 0. The fourth-order valence-corrected chi connectivity index (χ4v) is 3.25. The van der Waals surface area contributed by atoms with Gasteiger partial charge in [0.25, 0.3) is 0 Å². The molecule has 1 heterocycles. The summed E-state index contributed by atoms with van der Waals surface area (Å²) in [5, 5.41) is 0. The number of hydrogen-bond acceptors (Lipinski definition) is 2. The molecule has 0 aliphatic carbocycles. The van der Waals surface area contributed by atoms with Crippen molar-refractivity contribution in [3.05, 3.63) is 65.2 Å². The molecule has 0 radical (unpaired) electrons. The van der Waals surface area contributed by atoms with Gasteiger partial charge in [0, 0.05) is 18.8 Å². The third-order valence-electron chi connectivity index (χ3n) is 4.34. The molecule has 2 nitrogen and oxygen atoms in total. The van der Waals surface area contributed by atoms with Crippen LogP contribution in [-0.2, 0) is 12.6 Å². The van der Waals surface area contributed by atoms with Crippen molar-refractivity contribution in [2.45, 2.75) is 25.1 Å². The van der Waals surface area contributed by atoms with Crippen molar-refractivity contribution in [2.75, 3.05) is 18.0 Å². The lowest BCUT2D eigenvalue weighted by atomic mass is 9.96. The maximum Gasteiger partial charge on any atom is 0.416 e. The number of halogens is 3. The lowest BCUT2D eigenvalue weighted by Gasteiger charge is -2.38. The Morgan fingerprint density at radius 1 is 1.09 bits per heavy atom. The molecular formula is C18H19F3N2. The molecule has 1 atom stereocenters. The zero-order valence-corrected chi connectivity index (χ0v) is 12.7. The first-order chi connectivity index (χ1) is 11.0. The molecule has 1 unspecified atom stereocenters. The first kappa shape index (κ1) is 15.9. The number of nitrogens with two attached hydrogens (primary N) is 1. The predicted octanol–water partition coefficient (Wildman–Crippen LogP) is 4.16. The topological polar surface area (TPSA) is 29.3 Å². The molecule has 2 aromatic carbocycles. The summed E-state index contributed by atoms with van der Waals surface area (Å²) < 4.78 is 38.9. The molecule has 2 N–H and O–H groups in total. The fourth-order valence-electron chi connectivity index (χ4n) is 3.25. The summed E-state index contributed by atoms with van der Waals surface area (Å²) in [5.41, 5.74) is 8.21. The van der Waals surface area contributed by atoms with Crippen LogP contribution in [0.4, 0.5) is 18.9 Å². The number of anilines is 1. The lowest BCUT2D eigenvalue weighted by molar-refractivity contribution is -0.137. The van der Waals surface area contributed by atoms with Gasteiger partial charge >= 0.3 is 6.18 Å². The number of hydrogen-bond donors (Lipinski definition) is 1. The average Bonchev–Trinajstić information content (AvgIpc) is 2.55. The Morgan fingerprint density at radius 2 is 1.87 bits per heavy atom. The van der Waals surface area contributed by atoms with Crippen LogP contribution < -0.4 is 10.6 Å². The van der Waals surface area contributed by atoms with Crippen LogP contribution >= 0.6 is 0 Å². The van der Waals surface area contributed by atoms with Gasteiger partial charge in [0.05, 0.1) is 11.6 Å². The smallest absolute Gasteiger partial charge is 0.363 e. The highest BCUT2D eigenvalue weighted by Crippen LogP contribution is 2.36. The number of benzene rings is 2. The molecule has 0 saturated carbocycles. The molecule has 1 aliphatic heterocycles. The van der Waals surface area contributed by atoms with Gasteiger partial charge in [-0.05, 0) is 42.2 Å². The van der Waals surface area contributed by atoms with Crippen molar-refractivity contribution in [1.82, 2.24) is 0 Å². The second kappa shape index (κ2) is 6.24. The summed E-state index contributed by atoms with van der Waals surface area (Å²) in [6, 6.07) is 13.3. The molecule has 5 heteroatoms. The van der Waals surface area contributed by atoms with Gasteiger partial charge in [0.15, 0.2) is 0 Å². The van der Waals surface area contributed by atoms with Gasteiger partial charge in [-0.25, -0.2) is 0 Å². The van der Waals surface area contributed by atoms with Crippen LogP contribution in [0.25, 0.3) is 0 Å². The standard InChI is InChI=1S/C18H19F3N2/c19-18(20,21)15-8-3-6-14(11-15)17(12-22)23-10-4-7-13-5-1-2-9-16(13)23/h1-3,5-6,8-9,11,17H,4,7,10,12,22H2. The van der Waals surface area contributed by atoms with Gasteiger partial charge in [-0.1, -0.05) is 30.3 Å². The summed E-state index contributed by atoms with van der Waals surface area (Å²) in [5.74, 6) is 0. The number of nitrogens with zero attached hydrogens (tertiary/aromatic N) is 1. The van der Waals surface area contributed by atoms with Crippen molar-refractivity contribution in [1.29, 1.82) is 0 Å². The van der Waals surface area contributed by atoms with Gasteiger partial charge in [-0.15, -0.1) is 0 Å². The van der Waals surface area contributed by atoms with Crippen LogP contribution in [0.5, 0.6) is 0 Å². The second-order valence-corrected chi connectivity index (χ2v) is 5.80. The highest BCUT2D eigenvalue weighted by atomic mass is 19.4. The van der Waals surface area contributed by atoms with Crippen LogP contribution in [0.1, 0.15) is 29.2 Å². The maximum atomic E-state index is 13.0. The Morgan fingerprint density at radius 3 is 2.61 bits per heavy atom. The van der Waals surface area contributed by atoms with E-state index in [2.05, 4.69) is 11.0 Å². The zero-order valence-electron chi connectivity index (χ0n) is 12.7. The average molecular weight is 320 g/mol. The largest absolute Gasteiger partial charge is 0.416 e. The van der Waals surface area contributed by atoms with Crippen molar-refractivity contribution in [2.24, 2.45) is 5.73 Å². The summed E-state index contributed by atoms with van der Waals surface area (Å²) in [6.07, 6.45) is -2.37. The minimum Gasteiger partial charge on any atom is -0.363 e. The normalized spacial score (nSPS) is 16.1. The number of rotatable bonds is 3. The summed E-state index contributed by atoms with van der Waals surface area (Å²) in [4.78, 5) is 2.13. The molecule has 23 heavy (non-hydrogen) atoms. The van der Waals surface area contributed by atoms with E-state index >= 15 is 0 Å². The van der Waals surface area contributed by atoms with Gasteiger partial charge in [-0.3, -0.25) is 0 Å². The van der Waals surface area contributed by atoms with Crippen LogP contribution in [0.3, 0.4) is 0 Å². The van der Waals surface area contributed by atoms with Gasteiger partial charge < -0.3 is 10.6 Å². The van der Waals surface area contributed by atoms with Crippen LogP contribution in [0, 0.1) is 0 Å². The van der Waals surface area contributed by atoms with Crippen molar-refractivity contribution >= 4 is 5.69 Å². The SMILES string of the molecule is NCC(c1cccc(C(F)(F)F)c1)N1CCCc2ccccc21. The quantitative estimate of drug-likeness (QED) is 0.920. The Bertz CT molecular complexity index is 682. The molecule has 122 valence electrons. The van der Waals surface area contributed by atoms with E-state index in [0.717, 1.165) is 31.1 Å². The van der Waals surface area contributed by atoms with E-state index in [4.69, 9.17) is 5.73 Å². The molecule has 0 bridgehead atoms. The third-order valence-corrected chi connectivity index (χ3v) is 4.34. The molecule has 0 fully saturated rings. The second-order valence-electron chi connectivity index (χ2n) is 5.80. The molecule has 0 saturated heterocycles. The van der Waals surface area contributed by atoms with Gasteiger partial charge in [0.1, 0.15) is 0 Å². The van der Waals surface area contributed by atoms with E-state index in [9.17, 15) is 13.2 Å². The Kier molecular flexibility index (Phi) is 4.31. The molecule has 0 spiro atoms. The third kappa shape index (κ3) is 3.20. The number of fused-ring (bicyclic) bond motifs is 1. The first-order valence-electron chi connectivity index (χ1n) is 7.72. The van der Waals surface area contributed by atoms with Crippen LogP contribution in [0.15, 0.2) is 48.5 Å². The fraction of sp³-hybridized carbons (Fsp3) is 0.333. The molecule has 3 rings (SSSR count). The van der Waals surface area contributed by atoms with Crippen LogP contribution in [0.2, 0.25) is 0 Å². The van der Waals surface area contributed by atoms with E-state index in [0.29, 0.717) is 5.56 Å². The Hall–Kier alpha value is -2.01. The minimum absolute atomic E-state index is 0.251. The van der Waals surface area contributed by atoms with Crippen molar-refractivity contribution < 1.29 is 13.2 Å². The zero-order chi connectivity index (χ0) is 16.4. The highest BCUT2D eigenvalue weighted by molar-refractivity contribution is 5.57. The number of aryl methyl sites for hydroxylation is 1. The number of alkyl halides is 3. The molecular weight excluding hydrogens is 301 g/mol.